The number of ether oxygens (including phenoxy) is 2. The SMILES string of the molecule is C=CCOc1ccc(C2c3c(oc4ccccc4c3=O)C(=O)N2c2nc(C)c(C(=O)OC)s2)cc1. The second-order valence-electron chi connectivity index (χ2n) is 7.82. The van der Waals surface area contributed by atoms with Crippen molar-refractivity contribution in [3.8, 4) is 5.75 Å². The summed E-state index contributed by atoms with van der Waals surface area (Å²) in [5.41, 5.74) is 1.34. The van der Waals surface area contributed by atoms with E-state index in [-0.39, 0.29) is 26.8 Å². The molecule has 35 heavy (non-hydrogen) atoms. The van der Waals surface area contributed by atoms with Crippen molar-refractivity contribution in [1.82, 2.24) is 4.98 Å². The first kappa shape index (κ1) is 22.5. The van der Waals surface area contributed by atoms with Gasteiger partial charge in [-0.1, -0.05) is 48.3 Å². The number of amides is 1. The molecule has 1 atom stereocenters. The number of hydrogen-bond donors (Lipinski definition) is 0. The summed E-state index contributed by atoms with van der Waals surface area (Å²) in [6.07, 6.45) is 1.64. The van der Waals surface area contributed by atoms with Gasteiger partial charge < -0.3 is 13.9 Å². The summed E-state index contributed by atoms with van der Waals surface area (Å²) in [5, 5.41) is 0.641. The van der Waals surface area contributed by atoms with Crippen LogP contribution < -0.4 is 15.1 Å². The molecule has 2 aromatic heterocycles. The molecule has 0 N–H and O–H groups in total. The van der Waals surface area contributed by atoms with Crippen LogP contribution in [0.4, 0.5) is 5.13 Å². The van der Waals surface area contributed by atoms with Crippen LogP contribution in [0.3, 0.4) is 0 Å². The molecule has 1 unspecified atom stereocenters. The molecule has 2 aromatic carbocycles. The molecule has 5 rings (SSSR count). The number of aryl methyl sites for hydroxylation is 1. The normalized spacial score (nSPS) is 14.7. The molecule has 0 spiro atoms. The Morgan fingerprint density at radius 2 is 1.94 bits per heavy atom. The minimum absolute atomic E-state index is 0.0434. The van der Waals surface area contributed by atoms with E-state index in [0.717, 1.165) is 11.3 Å². The van der Waals surface area contributed by atoms with E-state index in [1.165, 1.54) is 12.0 Å². The number of methoxy groups -OCH3 is 1. The molecule has 3 heterocycles. The van der Waals surface area contributed by atoms with Gasteiger partial charge >= 0.3 is 5.97 Å². The number of nitrogens with zero attached hydrogens (tertiary/aromatic N) is 2. The standard InChI is InChI=1S/C26H20N2O6S/c1-4-13-33-16-11-9-15(10-12-16)20-19-21(29)17-7-5-6-8-18(17)34-22(19)24(30)28(20)26-27-14(2)23(35-26)25(31)32-3/h4-12,20H,1,13H2,2-3H3. The van der Waals surface area contributed by atoms with Crippen LogP contribution in [-0.4, -0.2) is 30.6 Å². The minimum Gasteiger partial charge on any atom is -0.490 e. The third kappa shape index (κ3) is 3.70. The summed E-state index contributed by atoms with van der Waals surface area (Å²) < 4.78 is 16.4. The van der Waals surface area contributed by atoms with Crippen molar-refractivity contribution < 1.29 is 23.5 Å². The van der Waals surface area contributed by atoms with Crippen LogP contribution in [0.15, 0.2) is 70.4 Å². The number of anilines is 1. The fourth-order valence-corrected chi connectivity index (χ4v) is 5.11. The van der Waals surface area contributed by atoms with Gasteiger partial charge in [-0.05, 0) is 36.8 Å². The Kier molecular flexibility index (Phi) is 5.70. The Morgan fingerprint density at radius 1 is 1.20 bits per heavy atom. The zero-order valence-electron chi connectivity index (χ0n) is 18.9. The summed E-state index contributed by atoms with van der Waals surface area (Å²) in [7, 11) is 1.28. The molecule has 4 aromatic rings. The Balaban J connectivity index is 1.71. The molecule has 0 saturated carbocycles. The van der Waals surface area contributed by atoms with Crippen molar-refractivity contribution in [3.63, 3.8) is 0 Å². The lowest BCUT2D eigenvalue weighted by Gasteiger charge is -2.22. The van der Waals surface area contributed by atoms with Crippen LogP contribution in [0.25, 0.3) is 11.0 Å². The van der Waals surface area contributed by atoms with E-state index < -0.39 is 17.9 Å². The van der Waals surface area contributed by atoms with Crippen molar-refractivity contribution in [3.05, 3.63) is 98.9 Å². The highest BCUT2D eigenvalue weighted by Crippen LogP contribution is 2.43. The fraction of sp³-hybridized carbons (Fsp3) is 0.154. The highest BCUT2D eigenvalue weighted by atomic mass is 32.1. The molecule has 0 radical (unpaired) electrons. The maximum Gasteiger partial charge on any atom is 0.350 e. The number of benzene rings is 2. The molecular formula is C26H20N2O6S. The molecule has 1 aliphatic rings. The summed E-state index contributed by atoms with van der Waals surface area (Å²) in [6, 6.07) is 13.1. The van der Waals surface area contributed by atoms with Crippen molar-refractivity contribution in [1.29, 1.82) is 0 Å². The fourth-order valence-electron chi connectivity index (χ4n) is 4.10. The molecule has 1 aliphatic heterocycles. The molecule has 0 saturated heterocycles. The molecule has 1 amide bonds. The van der Waals surface area contributed by atoms with Crippen molar-refractivity contribution in [2.75, 3.05) is 18.6 Å². The van der Waals surface area contributed by atoms with Gasteiger partial charge in [0, 0.05) is 0 Å². The molecule has 9 heteroatoms. The summed E-state index contributed by atoms with van der Waals surface area (Å²) in [5.74, 6) is -0.479. The van der Waals surface area contributed by atoms with Gasteiger partial charge in [0.25, 0.3) is 5.91 Å². The largest absolute Gasteiger partial charge is 0.490 e. The van der Waals surface area contributed by atoms with Crippen LogP contribution in [0.1, 0.15) is 43.1 Å². The highest BCUT2D eigenvalue weighted by molar-refractivity contribution is 7.17. The average molecular weight is 489 g/mol. The number of rotatable bonds is 6. The summed E-state index contributed by atoms with van der Waals surface area (Å²) in [6.45, 7) is 5.66. The van der Waals surface area contributed by atoms with Gasteiger partial charge in [-0.25, -0.2) is 9.78 Å². The lowest BCUT2D eigenvalue weighted by atomic mass is 9.98. The van der Waals surface area contributed by atoms with Gasteiger partial charge in [0.1, 0.15) is 22.8 Å². The number of aromatic nitrogens is 1. The van der Waals surface area contributed by atoms with E-state index in [9.17, 15) is 14.4 Å². The number of carbonyl (C=O) groups excluding carboxylic acids is 2. The van der Waals surface area contributed by atoms with E-state index in [1.807, 2.05) is 0 Å². The smallest absolute Gasteiger partial charge is 0.350 e. The second-order valence-corrected chi connectivity index (χ2v) is 8.80. The van der Waals surface area contributed by atoms with Crippen molar-refractivity contribution >= 4 is 39.3 Å². The Hall–Kier alpha value is -4.24. The molecule has 0 aliphatic carbocycles. The van der Waals surface area contributed by atoms with E-state index in [1.54, 1.807) is 61.5 Å². The Labute approximate surface area is 204 Å². The number of hydrogen-bond acceptors (Lipinski definition) is 8. The van der Waals surface area contributed by atoms with Crippen molar-refractivity contribution in [2.45, 2.75) is 13.0 Å². The predicted octanol–water partition coefficient (Wildman–Crippen LogP) is 4.66. The maximum absolute atomic E-state index is 13.7. The number of esters is 1. The first-order valence-corrected chi connectivity index (χ1v) is 11.5. The van der Waals surface area contributed by atoms with Gasteiger partial charge in [-0.15, -0.1) is 0 Å². The van der Waals surface area contributed by atoms with Gasteiger partial charge in [-0.3, -0.25) is 14.5 Å². The van der Waals surface area contributed by atoms with Gasteiger partial charge in [0.05, 0.1) is 29.8 Å². The number of thiazole rings is 1. The first-order valence-electron chi connectivity index (χ1n) is 10.7. The second kappa shape index (κ2) is 8.84. The zero-order chi connectivity index (χ0) is 24.7. The third-order valence-electron chi connectivity index (χ3n) is 5.70. The van der Waals surface area contributed by atoms with Crippen LogP contribution in [0.5, 0.6) is 5.75 Å². The predicted molar refractivity (Wildman–Crippen MR) is 131 cm³/mol. The molecule has 0 fully saturated rings. The van der Waals surface area contributed by atoms with Crippen LogP contribution in [0.2, 0.25) is 0 Å². The lowest BCUT2D eigenvalue weighted by molar-refractivity contribution is 0.0605. The molecule has 0 bridgehead atoms. The van der Waals surface area contributed by atoms with Crippen LogP contribution in [-0.2, 0) is 4.74 Å². The summed E-state index contributed by atoms with van der Waals surface area (Å²) >= 11 is 1.03. The van der Waals surface area contributed by atoms with Crippen molar-refractivity contribution in [2.24, 2.45) is 0 Å². The number of fused-ring (bicyclic) bond motifs is 2. The lowest BCUT2D eigenvalue weighted by Crippen LogP contribution is -2.29. The third-order valence-corrected chi connectivity index (χ3v) is 6.84. The Morgan fingerprint density at radius 3 is 2.66 bits per heavy atom. The minimum atomic E-state index is -0.803. The molecule has 176 valence electrons. The van der Waals surface area contributed by atoms with E-state index in [4.69, 9.17) is 13.9 Å². The Bertz CT molecular complexity index is 1540. The van der Waals surface area contributed by atoms with Gasteiger partial charge in [0.2, 0.25) is 5.76 Å². The van der Waals surface area contributed by atoms with Crippen LogP contribution >= 0.6 is 11.3 Å². The monoisotopic (exact) mass is 488 g/mol. The van der Waals surface area contributed by atoms with Gasteiger partial charge in [0.15, 0.2) is 10.6 Å². The van der Waals surface area contributed by atoms with Gasteiger partial charge in [-0.2, -0.15) is 0 Å². The zero-order valence-corrected chi connectivity index (χ0v) is 19.8. The summed E-state index contributed by atoms with van der Waals surface area (Å²) in [4.78, 5) is 45.6. The molecular weight excluding hydrogens is 468 g/mol. The maximum atomic E-state index is 13.7. The van der Waals surface area contributed by atoms with E-state index in [2.05, 4.69) is 11.6 Å². The van der Waals surface area contributed by atoms with E-state index >= 15 is 0 Å². The van der Waals surface area contributed by atoms with Crippen LogP contribution in [0, 0.1) is 6.92 Å². The number of carbonyl (C=O) groups is 2. The van der Waals surface area contributed by atoms with E-state index in [0.29, 0.717) is 34.6 Å². The number of para-hydroxylation sites is 1. The molecule has 8 nitrogen and oxygen atoms in total. The quantitative estimate of drug-likeness (QED) is 0.288. The topological polar surface area (TPSA) is 98.9 Å². The average Bonchev–Trinajstić information content (AvgIpc) is 3.40. The first-order chi connectivity index (χ1) is 16.9. The highest BCUT2D eigenvalue weighted by Gasteiger charge is 2.45.